The molecule has 6 aromatic rings. The van der Waals surface area contributed by atoms with Crippen LogP contribution in [0.4, 0.5) is 10.5 Å². The van der Waals surface area contributed by atoms with Gasteiger partial charge in [0.25, 0.3) is 0 Å². The summed E-state index contributed by atoms with van der Waals surface area (Å²) in [5.74, 6) is 4.62. The average molecular weight is 1010 g/mol. The summed E-state index contributed by atoms with van der Waals surface area (Å²) in [7, 11) is 0. The van der Waals surface area contributed by atoms with Crippen LogP contribution >= 0.6 is 0 Å². The summed E-state index contributed by atoms with van der Waals surface area (Å²) in [4.78, 5) is 71.5. The maximum absolute atomic E-state index is 16.9. The Morgan fingerprint density at radius 2 is 1.47 bits per heavy atom. The van der Waals surface area contributed by atoms with Gasteiger partial charge in [-0.05, 0) is 82.8 Å². The van der Waals surface area contributed by atoms with Gasteiger partial charge in [0.15, 0.2) is 11.5 Å². The van der Waals surface area contributed by atoms with E-state index in [9.17, 15) is 10.2 Å². The molecule has 6 aromatic carbocycles. The highest BCUT2D eigenvalue weighted by atomic mass is 16.7. The summed E-state index contributed by atoms with van der Waals surface area (Å²) in [5, 5.41) is 22.8. The van der Waals surface area contributed by atoms with Gasteiger partial charge in [0, 0.05) is 44.7 Å². The monoisotopic (exact) mass is 1010 g/mol. The topological polar surface area (TPSA) is 171 Å². The maximum Gasteiger partial charge on any atom is 0.329 e. The predicted molar refractivity (Wildman–Crippen MR) is 277 cm³/mol. The molecule has 0 aromatic heterocycles. The number of nitrogens with one attached hydrogen (secondary N) is 1. The number of nitrogens with zero attached hydrogens (tertiary/aromatic N) is 4. The van der Waals surface area contributed by atoms with Gasteiger partial charge in [-0.3, -0.25) is 24.2 Å². The number of aliphatic hydroxyl groups excluding tert-OH is 2. The number of amides is 4. The molecule has 4 amide bonds. The van der Waals surface area contributed by atoms with Crippen molar-refractivity contribution in [1.29, 1.82) is 0 Å². The minimum Gasteiger partial charge on any atom is -0.491 e. The zero-order valence-corrected chi connectivity index (χ0v) is 41.4. The number of esters is 1. The van der Waals surface area contributed by atoms with Crippen LogP contribution in [0.2, 0.25) is 0 Å². The number of fused-ring (bicyclic) bond motifs is 4. The van der Waals surface area contributed by atoms with Gasteiger partial charge in [-0.25, -0.2) is 9.69 Å². The van der Waals surface area contributed by atoms with Crippen LogP contribution in [0.25, 0.3) is 0 Å². The number of imide groups is 1. The first-order chi connectivity index (χ1) is 36.7. The molecule has 5 aliphatic rings. The SMILES string of the molecule is CC(NC(=O)N1C(=O)C2(c3cc(C#CCCO)ccc31)C(C(=O)N1CCN(Cc3ccc4c(c3)OCO4)CC1)C1C(=O)OC(c3ccccc3)C(c3ccccc3)N1C2c1cccc(OCCO)c1)c1ccccc1. The molecular weight excluding hydrogens is 951 g/mol. The van der Waals surface area contributed by atoms with Gasteiger partial charge in [-0.2, -0.15) is 0 Å². The number of cyclic esters (lactones) is 1. The number of piperazine rings is 1. The number of rotatable bonds is 12. The van der Waals surface area contributed by atoms with Crippen molar-refractivity contribution in [3.63, 3.8) is 0 Å². The molecule has 0 saturated carbocycles. The van der Waals surface area contributed by atoms with Crippen LogP contribution in [0, 0.1) is 17.8 Å². The Bertz CT molecular complexity index is 3160. The van der Waals surface area contributed by atoms with Crippen molar-refractivity contribution in [3.05, 3.63) is 191 Å². The van der Waals surface area contributed by atoms with E-state index in [2.05, 4.69) is 22.1 Å². The van der Waals surface area contributed by atoms with Crippen LogP contribution < -0.4 is 24.4 Å². The number of benzene rings is 6. The van der Waals surface area contributed by atoms with Gasteiger partial charge < -0.3 is 39.4 Å². The second-order valence-electron chi connectivity index (χ2n) is 19.4. The highest BCUT2D eigenvalue weighted by Gasteiger charge is 2.76. The molecule has 3 saturated heterocycles. The first-order valence-electron chi connectivity index (χ1n) is 25.4. The third kappa shape index (κ3) is 9.03. The summed E-state index contributed by atoms with van der Waals surface area (Å²) in [5.41, 5.74) is 2.86. The Labute approximate surface area is 435 Å². The minimum absolute atomic E-state index is 0.0203. The van der Waals surface area contributed by atoms with Crippen molar-refractivity contribution in [2.75, 3.05) is 57.7 Å². The molecule has 0 aliphatic carbocycles. The van der Waals surface area contributed by atoms with Crippen molar-refractivity contribution >= 4 is 29.5 Å². The lowest BCUT2D eigenvalue weighted by molar-refractivity contribution is -0.179. The lowest BCUT2D eigenvalue weighted by Crippen LogP contribution is -2.59. The second kappa shape index (κ2) is 21.1. The molecular formula is C60H57N5O10. The number of hydrogen-bond acceptors (Lipinski definition) is 12. The van der Waals surface area contributed by atoms with Gasteiger partial charge >= 0.3 is 12.0 Å². The lowest BCUT2D eigenvalue weighted by Gasteiger charge is -2.46. The molecule has 5 aliphatic heterocycles. The van der Waals surface area contributed by atoms with E-state index in [1.165, 1.54) is 0 Å². The fourth-order valence-electron chi connectivity index (χ4n) is 11.8. The predicted octanol–water partition coefficient (Wildman–Crippen LogP) is 7.00. The first-order valence-corrected chi connectivity index (χ1v) is 25.4. The van der Waals surface area contributed by atoms with E-state index >= 15 is 19.2 Å². The van der Waals surface area contributed by atoms with Crippen LogP contribution in [0.1, 0.15) is 76.5 Å². The molecule has 7 unspecified atom stereocenters. The van der Waals surface area contributed by atoms with Crippen LogP contribution in [0.15, 0.2) is 152 Å². The molecule has 11 rings (SSSR count). The van der Waals surface area contributed by atoms with Gasteiger partial charge in [-0.15, -0.1) is 0 Å². The molecule has 3 fully saturated rings. The van der Waals surface area contributed by atoms with Crippen LogP contribution in [0.3, 0.4) is 0 Å². The molecule has 3 N–H and O–H groups in total. The van der Waals surface area contributed by atoms with E-state index < -0.39 is 65.4 Å². The largest absolute Gasteiger partial charge is 0.491 e. The summed E-state index contributed by atoms with van der Waals surface area (Å²) in [6, 6.07) is 42.1. The van der Waals surface area contributed by atoms with Crippen molar-refractivity contribution in [3.8, 4) is 29.1 Å². The number of carbonyl (C=O) groups is 4. The summed E-state index contributed by atoms with van der Waals surface area (Å²) in [6.45, 7) is 3.64. The zero-order chi connectivity index (χ0) is 51.6. The Morgan fingerprint density at radius 3 is 2.20 bits per heavy atom. The van der Waals surface area contributed by atoms with Crippen LogP contribution in [0.5, 0.6) is 17.2 Å². The quantitative estimate of drug-likeness (QED) is 0.0849. The molecule has 5 heterocycles. The number of carbonyl (C=O) groups excluding carboxylic acids is 4. The average Bonchev–Trinajstić information content (AvgIpc) is 4.12. The van der Waals surface area contributed by atoms with Crippen molar-refractivity contribution in [2.45, 2.75) is 55.6 Å². The van der Waals surface area contributed by atoms with Crippen molar-refractivity contribution in [1.82, 2.24) is 20.0 Å². The zero-order valence-electron chi connectivity index (χ0n) is 41.4. The molecule has 0 bridgehead atoms. The van der Waals surface area contributed by atoms with E-state index in [0.717, 1.165) is 21.6 Å². The number of morpholine rings is 1. The lowest BCUT2D eigenvalue weighted by atomic mass is 9.64. The Hall–Kier alpha value is -8.00. The molecule has 1 spiro atoms. The van der Waals surface area contributed by atoms with E-state index in [0.29, 0.717) is 59.1 Å². The van der Waals surface area contributed by atoms with Crippen LogP contribution in [-0.4, -0.2) is 108 Å². The van der Waals surface area contributed by atoms with Gasteiger partial charge in [0.2, 0.25) is 18.6 Å². The highest BCUT2D eigenvalue weighted by Crippen LogP contribution is 2.66. The summed E-state index contributed by atoms with van der Waals surface area (Å²) >= 11 is 0. The van der Waals surface area contributed by atoms with E-state index in [1.807, 2.05) is 127 Å². The number of hydrogen-bond donors (Lipinski definition) is 3. The Kier molecular flexibility index (Phi) is 13.8. The Morgan fingerprint density at radius 1 is 0.760 bits per heavy atom. The normalized spacial score (nSPS) is 23.2. The van der Waals surface area contributed by atoms with Crippen LogP contribution in [-0.2, 0) is 31.1 Å². The van der Waals surface area contributed by atoms with E-state index in [-0.39, 0.29) is 51.8 Å². The minimum atomic E-state index is -2.02. The summed E-state index contributed by atoms with van der Waals surface area (Å²) < 4.78 is 24.0. The standard InChI is InChI=1S/C60H57N5O10/c1-39(42-15-5-2-6-16-42)61-59(71)64-48-25-23-40(14-11-12-31-66)34-47(48)60(58(64)70)51(56(68)63-29-27-62(28-30-63)37-41-24-26-49-50(35-41)74-38-73-49)53-57(69)75-54(44-19-9-4-10-20-44)52(43-17-7-3-8-18-43)65(53)55(60)45-21-13-22-46(36-45)72-33-32-67/h2-10,13,15-26,34-36,39,51-55,66-67H,12,27-33,37-38H2,1H3,(H,61,71). The molecule has 15 nitrogen and oxygen atoms in total. The number of aliphatic hydroxyl groups is 2. The molecule has 382 valence electrons. The third-order valence-electron chi connectivity index (χ3n) is 15.1. The van der Waals surface area contributed by atoms with Gasteiger partial charge in [-0.1, -0.05) is 121 Å². The number of anilines is 1. The van der Waals surface area contributed by atoms with Crippen molar-refractivity contribution in [2.24, 2.45) is 5.92 Å². The van der Waals surface area contributed by atoms with Gasteiger partial charge in [0.05, 0.1) is 42.9 Å². The maximum atomic E-state index is 16.9. The third-order valence-corrected chi connectivity index (χ3v) is 15.1. The molecule has 0 radical (unpaired) electrons. The van der Waals surface area contributed by atoms with E-state index in [1.54, 1.807) is 41.3 Å². The number of ether oxygens (including phenoxy) is 4. The molecule has 15 heteroatoms. The fourth-order valence-corrected chi connectivity index (χ4v) is 11.8. The molecule has 75 heavy (non-hydrogen) atoms. The first kappa shape index (κ1) is 49.2. The smallest absolute Gasteiger partial charge is 0.329 e. The Balaban J connectivity index is 1.12. The van der Waals surface area contributed by atoms with E-state index in [4.69, 9.17) is 18.9 Å². The van der Waals surface area contributed by atoms with Gasteiger partial charge in [0.1, 0.15) is 29.9 Å². The highest BCUT2D eigenvalue weighted by molar-refractivity contribution is 6.24. The summed E-state index contributed by atoms with van der Waals surface area (Å²) in [6.07, 6.45) is -0.739. The molecule has 7 atom stereocenters. The number of urea groups is 1. The second-order valence-corrected chi connectivity index (χ2v) is 19.4. The fraction of sp³-hybridized carbons (Fsp3) is 0.300. The van der Waals surface area contributed by atoms with Crippen molar-refractivity contribution < 1.29 is 48.3 Å².